The molecule has 1 atom stereocenters. The van der Waals surface area contributed by atoms with Crippen molar-refractivity contribution < 1.29 is 9.50 Å². The molecule has 1 unspecified atom stereocenters. The van der Waals surface area contributed by atoms with Gasteiger partial charge in [-0.05, 0) is 35.9 Å². The minimum Gasteiger partial charge on any atom is -0.508 e. The summed E-state index contributed by atoms with van der Waals surface area (Å²) in [5.74, 6) is 5.02. The van der Waals surface area contributed by atoms with E-state index in [1.54, 1.807) is 24.3 Å². The summed E-state index contributed by atoms with van der Waals surface area (Å²) in [5.41, 5.74) is 3.71. The van der Waals surface area contributed by atoms with E-state index in [0.29, 0.717) is 10.6 Å². The molecule has 4 N–H and O–H groups in total. The highest BCUT2D eigenvalue weighted by molar-refractivity contribution is 6.30. The van der Waals surface area contributed by atoms with Crippen molar-refractivity contribution in [2.24, 2.45) is 5.84 Å². The largest absolute Gasteiger partial charge is 0.508 e. The number of nitrogens with two attached hydrogens (primary N) is 1. The van der Waals surface area contributed by atoms with Crippen LogP contribution in [0.2, 0.25) is 5.02 Å². The molecular weight excluding hydrogens is 255 g/mol. The molecule has 0 radical (unpaired) electrons. The lowest BCUT2D eigenvalue weighted by atomic mass is 9.98. The maximum absolute atomic E-state index is 13.2. The Kier molecular flexibility index (Phi) is 3.81. The van der Waals surface area contributed by atoms with Gasteiger partial charge >= 0.3 is 0 Å². The molecule has 0 aliphatic rings. The highest BCUT2D eigenvalue weighted by Gasteiger charge is 2.16. The molecule has 0 aliphatic carbocycles. The molecule has 0 aliphatic heterocycles. The molecule has 94 valence electrons. The maximum atomic E-state index is 13.2. The van der Waals surface area contributed by atoms with Crippen molar-refractivity contribution in [2.75, 3.05) is 0 Å². The highest BCUT2D eigenvalue weighted by Crippen LogP contribution is 2.29. The fraction of sp³-hybridized carbons (Fsp3) is 0.0769. The molecule has 0 fully saturated rings. The Bertz CT molecular complexity index is 545. The standard InChI is InChI=1S/C13H12ClFN2O/c14-9-3-1-8(2-4-9)13(17-16)11-7-10(15)5-6-12(11)18/h1-7,13,17-18H,16H2. The third kappa shape index (κ3) is 2.61. The Hall–Kier alpha value is -1.62. The molecule has 0 bridgehead atoms. The van der Waals surface area contributed by atoms with Crippen LogP contribution in [0.1, 0.15) is 17.2 Å². The summed E-state index contributed by atoms with van der Waals surface area (Å²) in [5, 5.41) is 10.4. The first-order chi connectivity index (χ1) is 8.61. The molecular formula is C13H12ClFN2O. The van der Waals surface area contributed by atoms with E-state index in [0.717, 1.165) is 5.56 Å². The normalized spacial score (nSPS) is 12.4. The van der Waals surface area contributed by atoms with Crippen LogP contribution < -0.4 is 11.3 Å². The van der Waals surface area contributed by atoms with E-state index in [1.807, 2.05) is 0 Å². The number of hydrazine groups is 1. The van der Waals surface area contributed by atoms with E-state index in [9.17, 15) is 9.50 Å². The Labute approximate surface area is 109 Å². The highest BCUT2D eigenvalue weighted by atomic mass is 35.5. The Morgan fingerprint density at radius 1 is 1.17 bits per heavy atom. The van der Waals surface area contributed by atoms with E-state index < -0.39 is 11.9 Å². The Morgan fingerprint density at radius 3 is 2.44 bits per heavy atom. The van der Waals surface area contributed by atoms with Gasteiger partial charge in [0.2, 0.25) is 0 Å². The average molecular weight is 267 g/mol. The number of hydrogen-bond donors (Lipinski definition) is 3. The van der Waals surface area contributed by atoms with Gasteiger partial charge < -0.3 is 5.11 Å². The first-order valence-corrected chi connectivity index (χ1v) is 5.69. The van der Waals surface area contributed by atoms with E-state index in [1.165, 1.54) is 18.2 Å². The van der Waals surface area contributed by atoms with Gasteiger partial charge in [-0.25, -0.2) is 9.82 Å². The average Bonchev–Trinajstić information content (AvgIpc) is 2.37. The van der Waals surface area contributed by atoms with Crippen LogP contribution >= 0.6 is 11.6 Å². The van der Waals surface area contributed by atoms with Gasteiger partial charge in [-0.2, -0.15) is 0 Å². The van der Waals surface area contributed by atoms with Crippen LogP contribution in [0.25, 0.3) is 0 Å². The molecule has 0 spiro atoms. The van der Waals surface area contributed by atoms with Gasteiger partial charge in [0, 0.05) is 10.6 Å². The zero-order chi connectivity index (χ0) is 13.1. The van der Waals surface area contributed by atoms with Gasteiger partial charge in [-0.1, -0.05) is 23.7 Å². The van der Waals surface area contributed by atoms with Crippen molar-refractivity contribution in [2.45, 2.75) is 6.04 Å². The second-order valence-corrected chi connectivity index (χ2v) is 4.29. The summed E-state index contributed by atoms with van der Waals surface area (Å²) < 4.78 is 13.2. The van der Waals surface area contributed by atoms with Crippen LogP contribution in [-0.4, -0.2) is 5.11 Å². The van der Waals surface area contributed by atoms with Crippen LogP contribution in [0.3, 0.4) is 0 Å². The maximum Gasteiger partial charge on any atom is 0.123 e. The number of benzene rings is 2. The van der Waals surface area contributed by atoms with E-state index in [2.05, 4.69) is 5.43 Å². The molecule has 0 saturated carbocycles. The third-order valence-corrected chi connectivity index (χ3v) is 2.92. The topological polar surface area (TPSA) is 58.3 Å². The van der Waals surface area contributed by atoms with Gasteiger partial charge in [0.1, 0.15) is 11.6 Å². The Morgan fingerprint density at radius 2 is 1.83 bits per heavy atom. The van der Waals surface area contributed by atoms with Crippen molar-refractivity contribution >= 4 is 11.6 Å². The molecule has 2 rings (SSSR count). The monoisotopic (exact) mass is 266 g/mol. The number of aromatic hydroxyl groups is 1. The fourth-order valence-corrected chi connectivity index (χ4v) is 1.90. The summed E-state index contributed by atoms with van der Waals surface area (Å²) in [4.78, 5) is 0. The summed E-state index contributed by atoms with van der Waals surface area (Å²) in [6, 6.07) is 10.2. The molecule has 0 aromatic heterocycles. The fourth-order valence-electron chi connectivity index (χ4n) is 1.78. The van der Waals surface area contributed by atoms with Crippen molar-refractivity contribution in [1.82, 2.24) is 5.43 Å². The SMILES string of the molecule is NNC(c1ccc(Cl)cc1)c1cc(F)ccc1O. The molecule has 0 heterocycles. The molecule has 2 aromatic rings. The number of halogens is 2. The van der Waals surface area contributed by atoms with E-state index in [4.69, 9.17) is 17.4 Å². The minimum absolute atomic E-state index is 0.0192. The smallest absolute Gasteiger partial charge is 0.123 e. The van der Waals surface area contributed by atoms with Crippen molar-refractivity contribution in [3.05, 3.63) is 64.4 Å². The number of nitrogens with one attached hydrogen (secondary N) is 1. The quantitative estimate of drug-likeness (QED) is 0.591. The summed E-state index contributed by atoms with van der Waals surface area (Å²) in [6.07, 6.45) is 0. The Balaban J connectivity index is 2.44. The molecule has 5 heteroatoms. The molecule has 0 saturated heterocycles. The van der Waals surface area contributed by atoms with Gasteiger partial charge in [0.05, 0.1) is 6.04 Å². The second-order valence-electron chi connectivity index (χ2n) is 3.85. The van der Waals surface area contributed by atoms with Gasteiger partial charge in [0.25, 0.3) is 0 Å². The van der Waals surface area contributed by atoms with Crippen LogP contribution in [0, 0.1) is 5.82 Å². The number of phenols is 1. The zero-order valence-electron chi connectivity index (χ0n) is 9.40. The molecule has 18 heavy (non-hydrogen) atoms. The van der Waals surface area contributed by atoms with Gasteiger partial charge in [-0.3, -0.25) is 5.84 Å². The first-order valence-electron chi connectivity index (χ1n) is 5.32. The van der Waals surface area contributed by atoms with Crippen molar-refractivity contribution in [1.29, 1.82) is 0 Å². The van der Waals surface area contributed by atoms with Crippen LogP contribution in [-0.2, 0) is 0 Å². The van der Waals surface area contributed by atoms with Crippen LogP contribution in [0.5, 0.6) is 5.75 Å². The number of phenolic OH excluding ortho intramolecular Hbond substituents is 1. The predicted octanol–water partition coefficient (Wildman–Crippen LogP) is 2.74. The number of rotatable bonds is 3. The lowest BCUT2D eigenvalue weighted by molar-refractivity contribution is 0.455. The van der Waals surface area contributed by atoms with E-state index in [-0.39, 0.29) is 5.75 Å². The zero-order valence-corrected chi connectivity index (χ0v) is 10.2. The number of hydrogen-bond acceptors (Lipinski definition) is 3. The second kappa shape index (κ2) is 5.35. The molecule has 3 nitrogen and oxygen atoms in total. The first kappa shape index (κ1) is 12.8. The summed E-state index contributed by atoms with van der Waals surface area (Å²) >= 11 is 5.80. The molecule has 0 amide bonds. The lowest BCUT2D eigenvalue weighted by Gasteiger charge is -2.18. The van der Waals surface area contributed by atoms with Crippen molar-refractivity contribution in [3.8, 4) is 5.75 Å². The van der Waals surface area contributed by atoms with E-state index >= 15 is 0 Å². The summed E-state index contributed by atoms with van der Waals surface area (Å²) in [7, 11) is 0. The lowest BCUT2D eigenvalue weighted by Crippen LogP contribution is -2.28. The predicted molar refractivity (Wildman–Crippen MR) is 68.7 cm³/mol. The minimum atomic E-state index is -0.502. The third-order valence-electron chi connectivity index (χ3n) is 2.67. The molecule has 2 aromatic carbocycles. The van der Waals surface area contributed by atoms with Crippen LogP contribution in [0.15, 0.2) is 42.5 Å². The van der Waals surface area contributed by atoms with Gasteiger partial charge in [-0.15, -0.1) is 0 Å². The van der Waals surface area contributed by atoms with Gasteiger partial charge in [0.15, 0.2) is 0 Å². The summed E-state index contributed by atoms with van der Waals surface area (Å²) in [6.45, 7) is 0. The van der Waals surface area contributed by atoms with Crippen LogP contribution in [0.4, 0.5) is 4.39 Å². The van der Waals surface area contributed by atoms with Crippen molar-refractivity contribution in [3.63, 3.8) is 0 Å².